The summed E-state index contributed by atoms with van der Waals surface area (Å²) in [4.78, 5) is 30.0. The predicted molar refractivity (Wildman–Crippen MR) is 133 cm³/mol. The van der Waals surface area contributed by atoms with Crippen molar-refractivity contribution in [1.82, 2.24) is 14.5 Å². The zero-order valence-corrected chi connectivity index (χ0v) is 21.6. The molecular formula is C21H29IN4O4S2. The SMILES string of the molecule is NC[C@@H]1CCCN1C(=O)CN1CCC[C@H](NS(=O)(=O)C2Cc3cc(CI)ccc3S2)C1=O. The first-order valence-electron chi connectivity index (χ1n) is 11.0. The van der Waals surface area contributed by atoms with Crippen LogP contribution in [0.1, 0.15) is 36.8 Å². The van der Waals surface area contributed by atoms with Gasteiger partial charge in [-0.3, -0.25) is 9.59 Å². The lowest BCUT2D eigenvalue weighted by Crippen LogP contribution is -2.56. The van der Waals surface area contributed by atoms with Crippen molar-refractivity contribution in [2.45, 2.75) is 58.1 Å². The summed E-state index contributed by atoms with van der Waals surface area (Å²) < 4.78 is 29.1. The molecule has 0 aliphatic carbocycles. The standard InChI is InChI=1S/C21H29IN4O4S2/c22-11-14-5-6-18-15(9-14)10-20(31-18)32(29,30)24-17-4-2-7-25(21(17)28)13-19(27)26-8-1-3-16(26)12-23/h5-6,9,16-17,20,24H,1-4,7-8,10-13,23H2/t16-,17-,20?/m0/s1. The normalized spacial score (nSPS) is 25.9. The number of carbonyl (C=O) groups excluding carboxylic acids is 2. The van der Waals surface area contributed by atoms with Crippen LogP contribution in [0.2, 0.25) is 0 Å². The maximum Gasteiger partial charge on any atom is 0.242 e. The van der Waals surface area contributed by atoms with Crippen molar-refractivity contribution in [3.63, 3.8) is 0 Å². The Morgan fingerprint density at radius 1 is 1.25 bits per heavy atom. The summed E-state index contributed by atoms with van der Waals surface area (Å²) in [5.41, 5.74) is 7.99. The molecule has 3 atom stereocenters. The van der Waals surface area contributed by atoms with Gasteiger partial charge < -0.3 is 15.5 Å². The largest absolute Gasteiger partial charge is 0.337 e. The first-order chi connectivity index (χ1) is 15.3. The van der Waals surface area contributed by atoms with Crippen LogP contribution >= 0.6 is 34.4 Å². The highest BCUT2D eigenvalue weighted by molar-refractivity contribution is 14.1. The van der Waals surface area contributed by atoms with Gasteiger partial charge in [0, 0.05) is 41.4 Å². The van der Waals surface area contributed by atoms with Crippen molar-refractivity contribution in [3.8, 4) is 0 Å². The van der Waals surface area contributed by atoms with Gasteiger partial charge in [0.25, 0.3) is 0 Å². The zero-order chi connectivity index (χ0) is 22.9. The second-order valence-electron chi connectivity index (χ2n) is 8.56. The molecule has 3 heterocycles. The molecule has 3 aliphatic heterocycles. The van der Waals surface area contributed by atoms with Crippen molar-refractivity contribution < 1.29 is 18.0 Å². The molecule has 2 fully saturated rings. The summed E-state index contributed by atoms with van der Waals surface area (Å²) in [6.07, 6.45) is 3.34. The molecule has 4 rings (SSSR count). The number of halogens is 1. The van der Waals surface area contributed by atoms with E-state index in [9.17, 15) is 18.0 Å². The highest BCUT2D eigenvalue weighted by Crippen LogP contribution is 2.40. The Balaban J connectivity index is 1.38. The molecule has 1 aromatic carbocycles. The number of rotatable bonds is 7. The fraction of sp³-hybridized carbons (Fsp3) is 0.619. The highest BCUT2D eigenvalue weighted by atomic mass is 127. The average Bonchev–Trinajstić information content (AvgIpc) is 3.43. The number of nitrogens with two attached hydrogens (primary N) is 1. The Kier molecular flexibility index (Phi) is 7.70. The Hall–Kier alpha value is -0.890. The zero-order valence-electron chi connectivity index (χ0n) is 17.8. The molecule has 1 unspecified atom stereocenters. The average molecular weight is 593 g/mol. The van der Waals surface area contributed by atoms with Crippen LogP contribution in [-0.2, 0) is 30.5 Å². The van der Waals surface area contributed by atoms with Gasteiger partial charge in [0.15, 0.2) is 0 Å². The molecule has 0 radical (unpaired) electrons. The molecular weight excluding hydrogens is 563 g/mol. The summed E-state index contributed by atoms with van der Waals surface area (Å²) in [5, 5.41) is 0. The van der Waals surface area contributed by atoms with E-state index in [0.29, 0.717) is 38.9 Å². The molecule has 0 spiro atoms. The van der Waals surface area contributed by atoms with Gasteiger partial charge >= 0.3 is 0 Å². The molecule has 0 bridgehead atoms. The number of hydrogen-bond donors (Lipinski definition) is 2. The molecule has 1 aromatic rings. The number of benzene rings is 1. The first kappa shape index (κ1) is 24.2. The molecule has 2 saturated heterocycles. The summed E-state index contributed by atoms with van der Waals surface area (Å²) >= 11 is 3.62. The smallest absolute Gasteiger partial charge is 0.242 e. The number of thioether (sulfide) groups is 1. The van der Waals surface area contributed by atoms with Crippen molar-refractivity contribution >= 4 is 56.2 Å². The summed E-state index contributed by atoms with van der Waals surface area (Å²) in [7, 11) is -3.71. The van der Waals surface area contributed by atoms with Gasteiger partial charge in [-0.1, -0.05) is 34.7 Å². The van der Waals surface area contributed by atoms with Gasteiger partial charge in [-0.2, -0.15) is 0 Å². The lowest BCUT2D eigenvalue weighted by Gasteiger charge is -2.34. The number of piperidine rings is 1. The monoisotopic (exact) mass is 592 g/mol. The molecule has 8 nitrogen and oxygen atoms in total. The van der Waals surface area contributed by atoms with E-state index in [1.165, 1.54) is 22.2 Å². The number of nitrogens with zero attached hydrogens (tertiary/aromatic N) is 2. The van der Waals surface area contributed by atoms with E-state index in [1.54, 1.807) is 4.90 Å². The van der Waals surface area contributed by atoms with E-state index in [4.69, 9.17) is 5.73 Å². The molecule has 2 amide bonds. The Morgan fingerprint density at radius 3 is 2.78 bits per heavy atom. The summed E-state index contributed by atoms with van der Waals surface area (Å²) in [6, 6.07) is 5.28. The Labute approximate surface area is 207 Å². The van der Waals surface area contributed by atoms with Crippen molar-refractivity contribution in [1.29, 1.82) is 0 Å². The predicted octanol–water partition coefficient (Wildman–Crippen LogP) is 1.46. The van der Waals surface area contributed by atoms with E-state index < -0.39 is 20.6 Å². The van der Waals surface area contributed by atoms with Crippen LogP contribution in [0, 0.1) is 0 Å². The topological polar surface area (TPSA) is 113 Å². The van der Waals surface area contributed by atoms with Crippen LogP contribution in [0.25, 0.3) is 0 Å². The second kappa shape index (κ2) is 10.2. The number of likely N-dealkylation sites (tertiary alicyclic amines) is 2. The van der Waals surface area contributed by atoms with Gasteiger partial charge in [-0.25, -0.2) is 13.1 Å². The summed E-state index contributed by atoms with van der Waals surface area (Å²) in [6.45, 7) is 1.53. The third-order valence-corrected chi connectivity index (χ3v) is 10.9. The van der Waals surface area contributed by atoms with Crippen LogP contribution in [0.3, 0.4) is 0 Å². The molecule has 0 saturated carbocycles. The highest BCUT2D eigenvalue weighted by Gasteiger charge is 2.39. The maximum absolute atomic E-state index is 13.1. The molecule has 32 heavy (non-hydrogen) atoms. The van der Waals surface area contributed by atoms with Gasteiger partial charge in [0.05, 0.1) is 6.54 Å². The summed E-state index contributed by atoms with van der Waals surface area (Å²) in [5.74, 6) is -0.424. The minimum Gasteiger partial charge on any atom is -0.337 e. The van der Waals surface area contributed by atoms with Gasteiger partial charge in [-0.05, 0) is 42.9 Å². The van der Waals surface area contributed by atoms with Crippen molar-refractivity contribution in [2.75, 3.05) is 26.2 Å². The molecule has 176 valence electrons. The lowest BCUT2D eigenvalue weighted by atomic mass is 10.1. The van der Waals surface area contributed by atoms with Crippen molar-refractivity contribution in [3.05, 3.63) is 29.3 Å². The fourth-order valence-corrected chi connectivity index (χ4v) is 8.28. The van der Waals surface area contributed by atoms with Gasteiger partial charge in [0.2, 0.25) is 21.8 Å². The Bertz CT molecular complexity index is 990. The van der Waals surface area contributed by atoms with Gasteiger partial charge in [-0.15, -0.1) is 11.8 Å². The number of alkyl halides is 1. The van der Waals surface area contributed by atoms with E-state index in [2.05, 4.69) is 33.4 Å². The number of nitrogens with one attached hydrogen (secondary N) is 1. The number of sulfonamides is 1. The fourth-order valence-electron chi connectivity index (χ4n) is 4.67. The van der Waals surface area contributed by atoms with Crippen molar-refractivity contribution in [2.24, 2.45) is 5.73 Å². The minimum absolute atomic E-state index is 0.0176. The molecule has 3 aliphatic rings. The number of fused-ring (bicyclic) bond motifs is 1. The maximum atomic E-state index is 13.1. The van der Waals surface area contributed by atoms with Crippen LogP contribution in [0.15, 0.2) is 23.1 Å². The lowest BCUT2D eigenvalue weighted by molar-refractivity contribution is -0.143. The van der Waals surface area contributed by atoms with Crippen LogP contribution < -0.4 is 10.5 Å². The second-order valence-corrected chi connectivity index (χ2v) is 12.8. The molecule has 0 aromatic heterocycles. The van der Waals surface area contributed by atoms with Crippen LogP contribution in [-0.4, -0.2) is 72.9 Å². The first-order valence-corrected chi connectivity index (χ1v) is 14.9. The third-order valence-electron chi connectivity index (χ3n) is 6.40. The third kappa shape index (κ3) is 5.11. The van der Waals surface area contributed by atoms with E-state index in [-0.39, 0.29) is 24.4 Å². The minimum atomic E-state index is -3.71. The number of hydrogen-bond acceptors (Lipinski definition) is 6. The quantitative estimate of drug-likeness (QED) is 0.367. The molecule has 11 heteroatoms. The van der Waals surface area contributed by atoms with E-state index >= 15 is 0 Å². The van der Waals surface area contributed by atoms with Gasteiger partial charge in [0.1, 0.15) is 10.6 Å². The Morgan fingerprint density at radius 2 is 2.03 bits per heavy atom. The molecule has 3 N–H and O–H groups in total. The van der Waals surface area contributed by atoms with Crippen LogP contribution in [0.5, 0.6) is 0 Å². The number of carbonyl (C=O) groups is 2. The number of amides is 2. The van der Waals surface area contributed by atoms with E-state index in [1.807, 2.05) is 12.1 Å². The van der Waals surface area contributed by atoms with Crippen LogP contribution in [0.4, 0.5) is 0 Å². The van der Waals surface area contributed by atoms with E-state index in [0.717, 1.165) is 27.7 Å².